The number of halogens is 2. The van der Waals surface area contributed by atoms with E-state index < -0.39 is 12.7 Å². The van der Waals surface area contributed by atoms with Gasteiger partial charge >= 0.3 is 0 Å². The second-order valence-corrected chi connectivity index (χ2v) is 4.41. The first-order valence-electron chi connectivity index (χ1n) is 6.61. The molecule has 1 aromatic carbocycles. The van der Waals surface area contributed by atoms with Crippen molar-refractivity contribution in [2.45, 2.75) is 27.3 Å². The number of benzene rings is 1. The highest BCUT2D eigenvalue weighted by atomic mass is 19.1. The second-order valence-electron chi connectivity index (χ2n) is 4.41. The first-order valence-corrected chi connectivity index (χ1v) is 6.61. The predicted molar refractivity (Wildman–Crippen MR) is 81.6 cm³/mol. The Morgan fingerprint density at radius 3 is 2.52 bits per heavy atom. The van der Waals surface area contributed by atoms with Crippen molar-refractivity contribution in [3.63, 3.8) is 0 Å². The van der Waals surface area contributed by atoms with Crippen LogP contribution < -0.4 is 10.1 Å². The van der Waals surface area contributed by atoms with Crippen molar-refractivity contribution in [3.05, 3.63) is 53.1 Å². The van der Waals surface area contributed by atoms with Crippen LogP contribution in [0, 0.1) is 0 Å². The Morgan fingerprint density at radius 1 is 1.29 bits per heavy atom. The van der Waals surface area contributed by atoms with Crippen LogP contribution in [0.2, 0.25) is 0 Å². The predicted octanol–water partition coefficient (Wildman–Crippen LogP) is 4.28. The molecule has 3 nitrogen and oxygen atoms in total. The highest BCUT2D eigenvalue weighted by molar-refractivity contribution is 5.77. The third-order valence-corrected chi connectivity index (χ3v) is 2.86. The van der Waals surface area contributed by atoms with Crippen LogP contribution in [-0.2, 0) is 6.54 Å². The number of rotatable bonds is 7. The van der Waals surface area contributed by atoms with Gasteiger partial charge in [-0.2, -0.15) is 0 Å². The summed E-state index contributed by atoms with van der Waals surface area (Å²) in [5.74, 6) is 0.0576. The van der Waals surface area contributed by atoms with E-state index in [-0.39, 0.29) is 0 Å². The molecule has 0 radical (unpaired) electrons. The summed E-state index contributed by atoms with van der Waals surface area (Å²) >= 11 is 0. The molecule has 0 unspecified atom stereocenters. The van der Waals surface area contributed by atoms with Gasteiger partial charge in [0.05, 0.1) is 6.21 Å². The summed E-state index contributed by atoms with van der Waals surface area (Å²) in [6, 6.07) is 6.92. The first-order chi connectivity index (χ1) is 10.1. The Kier molecular flexibility index (Phi) is 7.15. The molecule has 0 fully saturated rings. The van der Waals surface area contributed by atoms with Crippen LogP contribution >= 0.6 is 0 Å². The summed E-state index contributed by atoms with van der Waals surface area (Å²) in [4.78, 5) is 3.96. The van der Waals surface area contributed by atoms with E-state index in [4.69, 9.17) is 4.74 Å². The molecule has 0 heterocycles. The number of hydrogen-bond donors (Lipinski definition) is 1. The first kappa shape index (κ1) is 16.9. The highest BCUT2D eigenvalue weighted by Crippen LogP contribution is 2.12. The molecule has 1 N–H and O–H groups in total. The Morgan fingerprint density at radius 2 is 1.95 bits per heavy atom. The zero-order valence-electron chi connectivity index (χ0n) is 12.5. The molecule has 114 valence electrons. The zero-order chi connectivity index (χ0) is 15.7. The largest absolute Gasteiger partial charge is 0.463 e. The lowest BCUT2D eigenvalue weighted by Crippen LogP contribution is -2.12. The van der Waals surface area contributed by atoms with Gasteiger partial charge in [-0.3, -0.25) is 4.99 Å². The van der Waals surface area contributed by atoms with Crippen LogP contribution in [0.4, 0.5) is 8.78 Å². The smallest absolute Gasteiger partial charge is 0.228 e. The normalized spacial score (nSPS) is 13.3. The molecule has 0 amide bonds. The summed E-state index contributed by atoms with van der Waals surface area (Å²) in [5.41, 5.74) is 2.10. The Bertz CT molecular complexity index is 534. The third kappa shape index (κ3) is 6.21. The van der Waals surface area contributed by atoms with E-state index >= 15 is 0 Å². The van der Waals surface area contributed by atoms with Gasteiger partial charge in [0.25, 0.3) is 0 Å². The summed E-state index contributed by atoms with van der Waals surface area (Å²) in [6.07, 6.45) is 2.99. The lowest BCUT2D eigenvalue weighted by atomic mass is 10.2. The SMILES string of the molecule is C/C=C(C)/N=C\C(F)=C(/C)NCc1ccc(OCF)cc1. The molecule has 0 saturated carbocycles. The molecule has 5 heteroatoms. The van der Waals surface area contributed by atoms with Gasteiger partial charge in [0.2, 0.25) is 6.86 Å². The maximum atomic E-state index is 13.7. The minimum Gasteiger partial charge on any atom is -0.463 e. The molecule has 0 aromatic heterocycles. The topological polar surface area (TPSA) is 33.6 Å². The second kappa shape index (κ2) is 8.89. The number of nitrogens with zero attached hydrogens (tertiary/aromatic N) is 1. The van der Waals surface area contributed by atoms with E-state index in [2.05, 4.69) is 10.3 Å². The number of allylic oxidation sites excluding steroid dienone is 4. The maximum absolute atomic E-state index is 13.7. The molecular weight excluding hydrogens is 274 g/mol. The number of ether oxygens (including phenoxy) is 1. The van der Waals surface area contributed by atoms with E-state index in [1.807, 2.05) is 6.92 Å². The summed E-state index contributed by atoms with van der Waals surface area (Å²) in [5, 5.41) is 2.97. The van der Waals surface area contributed by atoms with Gasteiger partial charge in [-0.1, -0.05) is 18.2 Å². The van der Waals surface area contributed by atoms with Crippen molar-refractivity contribution >= 4 is 6.21 Å². The number of hydrogen-bond acceptors (Lipinski definition) is 3. The average molecular weight is 294 g/mol. The summed E-state index contributed by atoms with van der Waals surface area (Å²) in [6.45, 7) is 4.90. The number of alkyl halides is 1. The maximum Gasteiger partial charge on any atom is 0.228 e. The quantitative estimate of drug-likeness (QED) is 0.762. The molecule has 0 bridgehead atoms. The molecule has 0 spiro atoms. The zero-order valence-corrected chi connectivity index (χ0v) is 12.5. The van der Waals surface area contributed by atoms with Crippen LogP contribution in [0.25, 0.3) is 0 Å². The van der Waals surface area contributed by atoms with Crippen LogP contribution in [0.3, 0.4) is 0 Å². The summed E-state index contributed by atoms with van der Waals surface area (Å²) in [7, 11) is 0. The highest BCUT2D eigenvalue weighted by Gasteiger charge is 2.00. The minimum absolute atomic E-state index is 0.409. The average Bonchev–Trinajstić information content (AvgIpc) is 2.51. The van der Waals surface area contributed by atoms with Crippen molar-refractivity contribution in [1.29, 1.82) is 0 Å². The molecule has 0 aliphatic carbocycles. The van der Waals surface area contributed by atoms with E-state index in [1.165, 1.54) is 6.21 Å². The Hall–Kier alpha value is -2.17. The van der Waals surface area contributed by atoms with Crippen LogP contribution in [-0.4, -0.2) is 13.1 Å². The van der Waals surface area contributed by atoms with Gasteiger partial charge in [0, 0.05) is 17.9 Å². The van der Waals surface area contributed by atoms with Crippen LogP contribution in [0.1, 0.15) is 26.3 Å². The van der Waals surface area contributed by atoms with Crippen molar-refractivity contribution in [1.82, 2.24) is 5.32 Å². The lowest BCUT2D eigenvalue weighted by Gasteiger charge is -2.08. The molecule has 0 atom stereocenters. The molecule has 1 rings (SSSR count). The van der Waals surface area contributed by atoms with E-state index in [0.717, 1.165) is 11.3 Å². The fourth-order valence-corrected chi connectivity index (χ4v) is 1.42. The van der Waals surface area contributed by atoms with Crippen LogP contribution in [0.15, 0.2) is 52.6 Å². The molecule has 1 aromatic rings. The van der Waals surface area contributed by atoms with E-state index in [1.54, 1.807) is 44.2 Å². The third-order valence-electron chi connectivity index (χ3n) is 2.86. The fourth-order valence-electron chi connectivity index (χ4n) is 1.42. The minimum atomic E-state index is -0.852. The van der Waals surface area contributed by atoms with Gasteiger partial charge in [-0.25, -0.2) is 8.78 Å². The van der Waals surface area contributed by atoms with Crippen molar-refractivity contribution in [2.75, 3.05) is 6.86 Å². The molecule has 21 heavy (non-hydrogen) atoms. The van der Waals surface area contributed by atoms with Gasteiger partial charge in [0.1, 0.15) is 5.75 Å². The Labute approximate surface area is 124 Å². The van der Waals surface area contributed by atoms with E-state index in [9.17, 15) is 8.78 Å². The van der Waals surface area contributed by atoms with Crippen molar-refractivity contribution in [2.24, 2.45) is 4.99 Å². The number of nitrogens with one attached hydrogen (secondary N) is 1. The lowest BCUT2D eigenvalue weighted by molar-refractivity contribution is 0.191. The molecule has 0 aliphatic rings. The van der Waals surface area contributed by atoms with Gasteiger partial charge in [0.15, 0.2) is 5.83 Å². The Balaban J connectivity index is 2.58. The van der Waals surface area contributed by atoms with Crippen LogP contribution in [0.5, 0.6) is 5.75 Å². The van der Waals surface area contributed by atoms with Gasteiger partial charge in [-0.05, 0) is 38.5 Å². The van der Waals surface area contributed by atoms with Crippen molar-refractivity contribution in [3.8, 4) is 5.75 Å². The van der Waals surface area contributed by atoms with Gasteiger partial charge < -0.3 is 10.1 Å². The molecule has 0 saturated heterocycles. The van der Waals surface area contributed by atoms with E-state index in [0.29, 0.717) is 18.0 Å². The number of aliphatic imine (C=N–C) groups is 1. The molecular formula is C16H20F2N2O. The fraction of sp³-hybridized carbons (Fsp3) is 0.312. The molecule has 0 aliphatic heterocycles. The summed E-state index contributed by atoms with van der Waals surface area (Å²) < 4.78 is 30.4. The monoisotopic (exact) mass is 294 g/mol. The van der Waals surface area contributed by atoms with Crippen molar-refractivity contribution < 1.29 is 13.5 Å². The van der Waals surface area contributed by atoms with Gasteiger partial charge in [-0.15, -0.1) is 0 Å². The standard InChI is InChI=1S/C16H20F2N2O/c1-4-12(2)19-10-16(18)13(3)20-9-14-5-7-15(8-6-14)21-11-17/h4-8,10,20H,9,11H2,1-3H3/b12-4+,16-13-,19-10-.